The van der Waals surface area contributed by atoms with E-state index < -0.39 is 6.17 Å². The molecule has 1 rings (SSSR count). The van der Waals surface area contributed by atoms with Crippen LogP contribution in [0.2, 0.25) is 0 Å². The van der Waals surface area contributed by atoms with Gasteiger partial charge in [-0.2, -0.15) is 0 Å². The van der Waals surface area contributed by atoms with Crippen LogP contribution < -0.4 is 5.32 Å². The second kappa shape index (κ2) is 7.22. The fraction of sp³-hybridized carbons (Fsp3) is 1.00. The van der Waals surface area contributed by atoms with Gasteiger partial charge in [-0.3, -0.25) is 0 Å². The van der Waals surface area contributed by atoms with Gasteiger partial charge in [0.25, 0.3) is 0 Å². The minimum atomic E-state index is -0.604. The molecule has 1 aliphatic rings. The van der Waals surface area contributed by atoms with Crippen molar-refractivity contribution in [3.63, 3.8) is 0 Å². The molecule has 0 spiro atoms. The van der Waals surface area contributed by atoms with Crippen LogP contribution in [-0.2, 0) is 0 Å². The highest BCUT2D eigenvalue weighted by Crippen LogP contribution is 2.17. The van der Waals surface area contributed by atoms with Gasteiger partial charge < -0.3 is 5.32 Å². The van der Waals surface area contributed by atoms with E-state index >= 15 is 0 Å². The first kappa shape index (κ1) is 12.0. The maximum Gasteiger partial charge on any atom is 0.115 e. The third kappa shape index (κ3) is 4.41. The summed E-state index contributed by atoms with van der Waals surface area (Å²) >= 11 is 0. The summed E-state index contributed by atoms with van der Waals surface area (Å²) in [5, 5.41) is 3.28. The topological polar surface area (TPSA) is 12.0 Å². The first-order valence-electron chi connectivity index (χ1n) is 6.22. The van der Waals surface area contributed by atoms with Crippen LogP contribution in [0.15, 0.2) is 0 Å². The molecule has 0 aromatic carbocycles. The highest BCUT2D eigenvalue weighted by atomic mass is 19.1. The highest BCUT2D eigenvalue weighted by molar-refractivity contribution is 4.79. The van der Waals surface area contributed by atoms with E-state index in [1.165, 1.54) is 32.1 Å². The van der Waals surface area contributed by atoms with Gasteiger partial charge in [0.2, 0.25) is 0 Å². The molecule has 14 heavy (non-hydrogen) atoms. The Hall–Kier alpha value is -0.110. The fourth-order valence-electron chi connectivity index (χ4n) is 2.15. The number of hydrogen-bond donors (Lipinski definition) is 1. The van der Waals surface area contributed by atoms with E-state index in [1.807, 2.05) is 0 Å². The lowest BCUT2D eigenvalue weighted by molar-refractivity contribution is 0.202. The number of unbranched alkanes of at least 4 members (excludes halogenated alkanes) is 3. The number of piperidine rings is 1. The predicted molar refractivity (Wildman–Crippen MR) is 59.3 cm³/mol. The molecular weight excluding hydrogens is 177 g/mol. The molecule has 1 saturated heterocycles. The second-order valence-electron chi connectivity index (χ2n) is 4.42. The summed E-state index contributed by atoms with van der Waals surface area (Å²) in [6.45, 7) is 3.20. The second-order valence-corrected chi connectivity index (χ2v) is 4.42. The Morgan fingerprint density at radius 1 is 1.29 bits per heavy atom. The van der Waals surface area contributed by atoms with E-state index in [9.17, 15) is 4.39 Å². The average molecular weight is 201 g/mol. The number of nitrogens with one attached hydrogen (secondary N) is 1. The Labute approximate surface area is 87.5 Å². The lowest BCUT2D eigenvalue weighted by atomic mass is 9.97. The maximum atomic E-state index is 13.7. The average Bonchev–Trinajstić information content (AvgIpc) is 2.25. The van der Waals surface area contributed by atoms with E-state index in [0.29, 0.717) is 0 Å². The Morgan fingerprint density at radius 2 is 2.14 bits per heavy atom. The lowest BCUT2D eigenvalue weighted by Crippen LogP contribution is -2.41. The zero-order valence-corrected chi connectivity index (χ0v) is 9.40. The van der Waals surface area contributed by atoms with Crippen molar-refractivity contribution in [2.75, 3.05) is 6.54 Å². The minimum absolute atomic E-state index is 0.158. The van der Waals surface area contributed by atoms with Gasteiger partial charge in [-0.1, -0.05) is 39.0 Å². The number of hydrogen-bond acceptors (Lipinski definition) is 1. The van der Waals surface area contributed by atoms with Gasteiger partial charge in [-0.25, -0.2) is 4.39 Å². The van der Waals surface area contributed by atoms with Gasteiger partial charge in [0.15, 0.2) is 0 Å². The van der Waals surface area contributed by atoms with E-state index in [0.717, 1.165) is 25.8 Å². The number of halogens is 1. The van der Waals surface area contributed by atoms with Gasteiger partial charge >= 0.3 is 0 Å². The molecule has 0 aromatic rings. The molecule has 0 aromatic heterocycles. The lowest BCUT2D eigenvalue weighted by Gasteiger charge is -2.26. The van der Waals surface area contributed by atoms with Crippen LogP contribution in [0.1, 0.15) is 58.3 Å². The molecule has 0 radical (unpaired) electrons. The highest BCUT2D eigenvalue weighted by Gasteiger charge is 2.21. The van der Waals surface area contributed by atoms with Gasteiger partial charge in [-0.05, 0) is 25.8 Å². The van der Waals surface area contributed by atoms with Crippen molar-refractivity contribution in [2.24, 2.45) is 0 Å². The van der Waals surface area contributed by atoms with E-state index in [-0.39, 0.29) is 6.04 Å². The van der Waals surface area contributed by atoms with Crippen molar-refractivity contribution in [1.82, 2.24) is 5.32 Å². The van der Waals surface area contributed by atoms with Crippen molar-refractivity contribution in [3.05, 3.63) is 0 Å². The quantitative estimate of drug-likeness (QED) is 0.649. The monoisotopic (exact) mass is 201 g/mol. The molecular formula is C12H24FN. The summed E-state index contributed by atoms with van der Waals surface area (Å²) in [5.74, 6) is 0. The first-order chi connectivity index (χ1) is 6.84. The van der Waals surface area contributed by atoms with Crippen LogP contribution in [0, 0.1) is 0 Å². The molecule has 0 amide bonds. The van der Waals surface area contributed by atoms with E-state index in [4.69, 9.17) is 0 Å². The van der Waals surface area contributed by atoms with Crippen molar-refractivity contribution in [1.29, 1.82) is 0 Å². The van der Waals surface area contributed by atoms with Crippen LogP contribution >= 0.6 is 0 Å². The molecule has 1 fully saturated rings. The van der Waals surface area contributed by atoms with Crippen LogP contribution in [0.5, 0.6) is 0 Å². The Balaban J connectivity index is 2.04. The summed E-state index contributed by atoms with van der Waals surface area (Å²) in [6.07, 6.45) is 8.37. The molecule has 2 heteroatoms. The summed E-state index contributed by atoms with van der Waals surface area (Å²) in [6, 6.07) is 0.158. The molecule has 1 aliphatic heterocycles. The summed E-state index contributed by atoms with van der Waals surface area (Å²) in [5.41, 5.74) is 0. The van der Waals surface area contributed by atoms with Crippen molar-refractivity contribution < 1.29 is 4.39 Å². The van der Waals surface area contributed by atoms with Gasteiger partial charge in [-0.15, -0.1) is 0 Å². The van der Waals surface area contributed by atoms with Crippen LogP contribution in [0.4, 0.5) is 4.39 Å². The zero-order chi connectivity index (χ0) is 10.2. The minimum Gasteiger partial charge on any atom is -0.311 e. The number of alkyl halides is 1. The molecule has 1 heterocycles. The Morgan fingerprint density at radius 3 is 2.79 bits per heavy atom. The van der Waals surface area contributed by atoms with Crippen molar-refractivity contribution >= 4 is 0 Å². The maximum absolute atomic E-state index is 13.7. The summed E-state index contributed by atoms with van der Waals surface area (Å²) in [4.78, 5) is 0. The molecule has 0 saturated carbocycles. The summed E-state index contributed by atoms with van der Waals surface area (Å²) < 4.78 is 13.7. The van der Waals surface area contributed by atoms with Crippen molar-refractivity contribution in [2.45, 2.75) is 70.5 Å². The standard InChI is InChI=1S/C12H24FN/c1-2-3-4-5-8-11(13)12-9-6-7-10-14-12/h11-12,14H,2-10H2,1H3. The molecule has 2 unspecified atom stereocenters. The number of rotatable bonds is 6. The normalized spacial score (nSPS) is 24.9. The van der Waals surface area contributed by atoms with E-state index in [1.54, 1.807) is 0 Å². The Kier molecular flexibility index (Phi) is 6.17. The van der Waals surface area contributed by atoms with Gasteiger partial charge in [0, 0.05) is 6.04 Å². The van der Waals surface area contributed by atoms with Gasteiger partial charge in [0.05, 0.1) is 0 Å². The van der Waals surface area contributed by atoms with Gasteiger partial charge in [0.1, 0.15) is 6.17 Å². The molecule has 1 N–H and O–H groups in total. The summed E-state index contributed by atoms with van der Waals surface area (Å²) in [7, 11) is 0. The van der Waals surface area contributed by atoms with Crippen LogP contribution in [0.25, 0.3) is 0 Å². The Bertz CT molecular complexity index is 132. The third-order valence-corrected chi connectivity index (χ3v) is 3.12. The molecule has 84 valence electrons. The largest absolute Gasteiger partial charge is 0.311 e. The third-order valence-electron chi connectivity index (χ3n) is 3.12. The first-order valence-corrected chi connectivity index (χ1v) is 6.22. The molecule has 0 aliphatic carbocycles. The predicted octanol–water partition coefficient (Wildman–Crippen LogP) is 3.44. The SMILES string of the molecule is CCCCCCC(F)C1CCCCN1. The van der Waals surface area contributed by atoms with Crippen LogP contribution in [0.3, 0.4) is 0 Å². The van der Waals surface area contributed by atoms with E-state index in [2.05, 4.69) is 12.2 Å². The zero-order valence-electron chi connectivity index (χ0n) is 9.40. The van der Waals surface area contributed by atoms with Crippen LogP contribution in [-0.4, -0.2) is 18.8 Å². The fourth-order valence-corrected chi connectivity index (χ4v) is 2.15. The smallest absolute Gasteiger partial charge is 0.115 e. The van der Waals surface area contributed by atoms with Crippen molar-refractivity contribution in [3.8, 4) is 0 Å². The molecule has 2 atom stereocenters. The molecule has 1 nitrogen and oxygen atoms in total. The molecule has 0 bridgehead atoms.